The summed E-state index contributed by atoms with van der Waals surface area (Å²) in [7, 11) is 1.53. The van der Waals surface area contributed by atoms with Crippen molar-refractivity contribution in [2.45, 2.75) is 25.7 Å². The Hall–Kier alpha value is -1.43. The maximum absolute atomic E-state index is 13.4. The highest BCUT2D eigenvalue weighted by Crippen LogP contribution is 2.18. The Morgan fingerprint density at radius 2 is 1.78 bits per heavy atom. The van der Waals surface area contributed by atoms with Crippen LogP contribution in [0, 0.1) is 11.6 Å². The molecule has 3 N–H and O–H groups in total. The van der Waals surface area contributed by atoms with Gasteiger partial charge in [-0.15, -0.1) is 0 Å². The molecule has 0 aliphatic carbocycles. The molecule has 18 heavy (non-hydrogen) atoms. The van der Waals surface area contributed by atoms with Crippen LogP contribution in [0.2, 0.25) is 0 Å². The lowest BCUT2D eigenvalue weighted by Crippen LogP contribution is -2.08. The number of pyridine rings is 1. The highest BCUT2D eigenvalue weighted by atomic mass is 19.1. The monoisotopic (exact) mass is 259 g/mol. The van der Waals surface area contributed by atoms with Crippen LogP contribution in [0.4, 0.5) is 20.4 Å². The average molecular weight is 259 g/mol. The molecule has 6 heteroatoms. The minimum atomic E-state index is -0.705. The zero-order valence-electron chi connectivity index (χ0n) is 10.5. The van der Waals surface area contributed by atoms with Gasteiger partial charge in [-0.2, -0.15) is 0 Å². The summed E-state index contributed by atoms with van der Waals surface area (Å²) in [6.45, 7) is 0.775. The number of nitrogens with zero attached hydrogens (tertiary/aromatic N) is 1. The molecular weight excluding hydrogens is 240 g/mol. The number of anilines is 2. The van der Waals surface area contributed by atoms with Crippen molar-refractivity contribution in [3.05, 3.63) is 17.7 Å². The minimum absolute atomic E-state index is 0.0270. The first kappa shape index (κ1) is 14.6. The van der Waals surface area contributed by atoms with E-state index in [0.717, 1.165) is 31.7 Å². The van der Waals surface area contributed by atoms with E-state index in [4.69, 9.17) is 5.11 Å². The van der Waals surface area contributed by atoms with E-state index in [1.807, 2.05) is 0 Å². The summed E-state index contributed by atoms with van der Waals surface area (Å²) in [5.74, 6) is -1.31. The van der Waals surface area contributed by atoms with Gasteiger partial charge >= 0.3 is 0 Å². The predicted molar refractivity (Wildman–Crippen MR) is 67.7 cm³/mol. The molecule has 0 unspecified atom stereocenters. The van der Waals surface area contributed by atoms with Crippen LogP contribution in [-0.2, 0) is 0 Å². The fourth-order valence-electron chi connectivity index (χ4n) is 1.56. The lowest BCUT2D eigenvalue weighted by Gasteiger charge is -2.09. The van der Waals surface area contributed by atoms with Gasteiger partial charge in [0.25, 0.3) is 0 Å². The Balaban J connectivity index is 2.42. The molecule has 102 valence electrons. The molecule has 0 spiro atoms. The summed E-state index contributed by atoms with van der Waals surface area (Å²) in [4.78, 5) is 3.81. The molecule has 0 aliphatic rings. The summed E-state index contributed by atoms with van der Waals surface area (Å²) < 4.78 is 26.5. The maximum atomic E-state index is 13.4. The number of nitrogens with one attached hydrogen (secondary N) is 2. The number of aromatic nitrogens is 1. The molecular formula is C12H19F2N3O. The minimum Gasteiger partial charge on any atom is -0.396 e. The van der Waals surface area contributed by atoms with Gasteiger partial charge in [0.05, 0.1) is 0 Å². The van der Waals surface area contributed by atoms with Crippen molar-refractivity contribution in [2.24, 2.45) is 0 Å². The SMILES string of the molecule is CNc1nc(NCCCCCCO)c(F)cc1F. The molecule has 0 amide bonds. The largest absolute Gasteiger partial charge is 0.396 e. The molecule has 0 fully saturated rings. The molecule has 0 aliphatic heterocycles. The summed E-state index contributed by atoms with van der Waals surface area (Å²) >= 11 is 0. The Morgan fingerprint density at radius 3 is 2.44 bits per heavy atom. The summed E-state index contributed by atoms with van der Waals surface area (Å²) in [5, 5.41) is 14.0. The van der Waals surface area contributed by atoms with Crippen molar-refractivity contribution < 1.29 is 13.9 Å². The zero-order valence-corrected chi connectivity index (χ0v) is 10.5. The summed E-state index contributed by atoms with van der Waals surface area (Å²) in [6.07, 6.45) is 3.54. The van der Waals surface area contributed by atoms with Crippen LogP contribution in [0.3, 0.4) is 0 Å². The van der Waals surface area contributed by atoms with Crippen molar-refractivity contribution in [1.29, 1.82) is 0 Å². The number of aliphatic hydroxyl groups excluding tert-OH is 1. The standard InChI is InChI=1S/C12H19F2N3O/c1-15-11-9(13)8-10(14)12(17-11)16-6-4-2-3-5-7-18/h8,18H,2-7H2,1H3,(H2,15,16,17). The number of aliphatic hydroxyl groups is 1. The maximum Gasteiger partial charge on any atom is 0.168 e. The van der Waals surface area contributed by atoms with Gasteiger partial charge in [0, 0.05) is 26.3 Å². The highest BCUT2D eigenvalue weighted by molar-refractivity contribution is 5.47. The third kappa shape index (κ3) is 4.44. The van der Waals surface area contributed by atoms with Gasteiger partial charge in [-0.05, 0) is 12.8 Å². The van der Waals surface area contributed by atoms with Crippen LogP contribution >= 0.6 is 0 Å². The lowest BCUT2D eigenvalue weighted by molar-refractivity contribution is 0.283. The molecule has 0 saturated carbocycles. The number of rotatable bonds is 8. The smallest absolute Gasteiger partial charge is 0.168 e. The molecule has 0 bridgehead atoms. The van der Waals surface area contributed by atoms with Crippen molar-refractivity contribution in [3.63, 3.8) is 0 Å². The van der Waals surface area contributed by atoms with Gasteiger partial charge in [-0.3, -0.25) is 0 Å². The van der Waals surface area contributed by atoms with Crippen LogP contribution in [0.25, 0.3) is 0 Å². The van der Waals surface area contributed by atoms with E-state index >= 15 is 0 Å². The second kappa shape index (κ2) is 7.81. The van der Waals surface area contributed by atoms with E-state index in [1.165, 1.54) is 7.05 Å². The Kier molecular flexibility index (Phi) is 6.35. The van der Waals surface area contributed by atoms with Crippen molar-refractivity contribution in [2.75, 3.05) is 30.8 Å². The molecule has 0 atom stereocenters. The third-order valence-electron chi connectivity index (χ3n) is 2.54. The number of halogens is 2. The number of hydrogen-bond acceptors (Lipinski definition) is 4. The Morgan fingerprint density at radius 1 is 1.11 bits per heavy atom. The molecule has 1 heterocycles. The van der Waals surface area contributed by atoms with Gasteiger partial charge in [-0.25, -0.2) is 13.8 Å². The second-order valence-corrected chi connectivity index (χ2v) is 3.96. The molecule has 1 aromatic heterocycles. The first-order chi connectivity index (χ1) is 8.69. The molecule has 4 nitrogen and oxygen atoms in total. The van der Waals surface area contributed by atoms with Crippen LogP contribution in [0.5, 0.6) is 0 Å². The van der Waals surface area contributed by atoms with Gasteiger partial charge in [-0.1, -0.05) is 12.8 Å². The molecule has 0 saturated heterocycles. The normalized spacial score (nSPS) is 10.4. The van der Waals surface area contributed by atoms with E-state index < -0.39 is 11.6 Å². The van der Waals surface area contributed by atoms with Gasteiger partial charge in [0.2, 0.25) is 0 Å². The number of hydrogen-bond donors (Lipinski definition) is 3. The van der Waals surface area contributed by atoms with Crippen molar-refractivity contribution >= 4 is 11.6 Å². The van der Waals surface area contributed by atoms with Crippen LogP contribution in [0.1, 0.15) is 25.7 Å². The van der Waals surface area contributed by atoms with Crippen molar-refractivity contribution in [1.82, 2.24) is 4.98 Å². The van der Waals surface area contributed by atoms with Crippen molar-refractivity contribution in [3.8, 4) is 0 Å². The van der Waals surface area contributed by atoms with Crippen LogP contribution in [-0.4, -0.2) is 30.3 Å². The van der Waals surface area contributed by atoms with E-state index in [0.29, 0.717) is 6.54 Å². The Bertz CT molecular complexity index is 375. The Labute approximate surface area is 105 Å². The third-order valence-corrected chi connectivity index (χ3v) is 2.54. The van der Waals surface area contributed by atoms with Gasteiger partial charge in [0.15, 0.2) is 23.3 Å². The lowest BCUT2D eigenvalue weighted by atomic mass is 10.2. The zero-order chi connectivity index (χ0) is 13.4. The molecule has 1 aromatic rings. The summed E-state index contributed by atoms with van der Waals surface area (Å²) in [5.41, 5.74) is 0. The molecule has 0 aromatic carbocycles. The van der Waals surface area contributed by atoms with E-state index in [-0.39, 0.29) is 18.2 Å². The molecule has 1 rings (SSSR count). The first-order valence-corrected chi connectivity index (χ1v) is 6.07. The van der Waals surface area contributed by atoms with Gasteiger partial charge < -0.3 is 15.7 Å². The molecule has 0 radical (unpaired) electrons. The van der Waals surface area contributed by atoms with E-state index in [2.05, 4.69) is 15.6 Å². The fraction of sp³-hybridized carbons (Fsp3) is 0.583. The first-order valence-electron chi connectivity index (χ1n) is 6.07. The average Bonchev–Trinajstić information content (AvgIpc) is 2.36. The van der Waals surface area contributed by atoms with Crippen LogP contribution in [0.15, 0.2) is 6.07 Å². The fourth-order valence-corrected chi connectivity index (χ4v) is 1.56. The number of unbranched alkanes of at least 4 members (excludes halogenated alkanes) is 3. The van der Waals surface area contributed by atoms with E-state index in [9.17, 15) is 8.78 Å². The second-order valence-electron chi connectivity index (χ2n) is 3.96. The van der Waals surface area contributed by atoms with E-state index in [1.54, 1.807) is 0 Å². The predicted octanol–water partition coefficient (Wildman–Crippen LogP) is 2.37. The topological polar surface area (TPSA) is 57.2 Å². The van der Waals surface area contributed by atoms with Gasteiger partial charge in [0.1, 0.15) is 0 Å². The summed E-state index contributed by atoms with van der Waals surface area (Å²) in [6, 6.07) is 0.812. The van der Waals surface area contributed by atoms with Crippen LogP contribution < -0.4 is 10.6 Å². The highest BCUT2D eigenvalue weighted by Gasteiger charge is 2.10. The quantitative estimate of drug-likeness (QED) is 0.627.